The summed E-state index contributed by atoms with van der Waals surface area (Å²) in [5.41, 5.74) is 6.11. The van der Waals surface area contributed by atoms with E-state index in [1.165, 1.54) is 14.0 Å². The topological polar surface area (TPSA) is 108 Å². The number of ketones is 1. The third-order valence-corrected chi connectivity index (χ3v) is 4.36. The molecule has 2 amide bonds. The molecular weight excluding hydrogens is 384 g/mol. The highest BCUT2D eigenvalue weighted by Gasteiger charge is 2.24. The molecule has 2 aromatic carbocycles. The van der Waals surface area contributed by atoms with Crippen LogP contribution in [0.4, 0.5) is 4.79 Å². The second-order valence-electron chi connectivity index (χ2n) is 6.01. The molecule has 148 valence electrons. The molecule has 7 nitrogen and oxygen atoms in total. The minimum atomic E-state index is -0.999. The van der Waals surface area contributed by atoms with Crippen molar-refractivity contribution in [2.45, 2.75) is 25.5 Å². The summed E-state index contributed by atoms with van der Waals surface area (Å²) in [6.07, 6.45) is -1.23. The molecule has 0 aliphatic rings. The predicted octanol–water partition coefficient (Wildman–Crippen LogP) is 3.26. The third-order valence-electron chi connectivity index (χ3n) is 4.02. The first-order chi connectivity index (χ1) is 13.3. The second-order valence-corrected chi connectivity index (χ2v) is 6.42. The zero-order chi connectivity index (χ0) is 20.7. The van der Waals surface area contributed by atoms with Crippen LogP contribution in [0.25, 0.3) is 0 Å². The highest BCUT2D eigenvalue weighted by molar-refractivity contribution is 6.31. The molecule has 8 heteroatoms. The monoisotopic (exact) mass is 404 g/mol. The molecule has 0 aliphatic carbocycles. The van der Waals surface area contributed by atoms with E-state index >= 15 is 0 Å². The van der Waals surface area contributed by atoms with Crippen molar-refractivity contribution in [1.82, 2.24) is 5.32 Å². The van der Waals surface area contributed by atoms with Gasteiger partial charge in [-0.1, -0.05) is 29.8 Å². The van der Waals surface area contributed by atoms with E-state index in [2.05, 4.69) is 5.32 Å². The molecule has 0 unspecified atom stereocenters. The number of methoxy groups -OCH3 is 1. The molecule has 0 aromatic heterocycles. The van der Waals surface area contributed by atoms with Gasteiger partial charge in [-0.3, -0.25) is 9.59 Å². The van der Waals surface area contributed by atoms with Crippen LogP contribution in [0.1, 0.15) is 35.3 Å². The summed E-state index contributed by atoms with van der Waals surface area (Å²) in [5, 5.41) is 2.84. The molecule has 2 aromatic rings. The minimum absolute atomic E-state index is 0.229. The highest BCUT2D eigenvalue weighted by Crippen LogP contribution is 2.25. The molecule has 0 saturated carbocycles. The van der Waals surface area contributed by atoms with Crippen molar-refractivity contribution < 1.29 is 23.9 Å². The van der Waals surface area contributed by atoms with E-state index in [9.17, 15) is 14.4 Å². The van der Waals surface area contributed by atoms with Crippen LogP contribution < -0.4 is 15.8 Å². The number of rotatable bonds is 8. The van der Waals surface area contributed by atoms with Gasteiger partial charge in [0.25, 0.3) is 0 Å². The van der Waals surface area contributed by atoms with Gasteiger partial charge >= 0.3 is 12.0 Å². The number of benzene rings is 2. The van der Waals surface area contributed by atoms with E-state index in [4.69, 9.17) is 26.8 Å². The van der Waals surface area contributed by atoms with Gasteiger partial charge in [-0.2, -0.15) is 0 Å². The van der Waals surface area contributed by atoms with Crippen molar-refractivity contribution in [2.75, 3.05) is 7.11 Å². The number of halogens is 1. The number of esters is 1. The largest absolute Gasteiger partial charge is 0.497 e. The van der Waals surface area contributed by atoms with Gasteiger partial charge in [-0.25, -0.2) is 4.79 Å². The molecule has 28 heavy (non-hydrogen) atoms. The lowest BCUT2D eigenvalue weighted by Gasteiger charge is -2.20. The third kappa shape index (κ3) is 5.72. The van der Waals surface area contributed by atoms with Crippen LogP contribution >= 0.6 is 11.6 Å². The molecule has 2 atom stereocenters. The van der Waals surface area contributed by atoms with Crippen LogP contribution in [0.5, 0.6) is 5.75 Å². The first kappa shape index (κ1) is 21.2. The summed E-state index contributed by atoms with van der Waals surface area (Å²) >= 11 is 6.14. The molecule has 0 saturated heterocycles. The number of hydrogen-bond acceptors (Lipinski definition) is 5. The molecule has 0 spiro atoms. The summed E-state index contributed by atoms with van der Waals surface area (Å²) in [6, 6.07) is 11.6. The number of carbonyl (C=O) groups is 3. The average molecular weight is 405 g/mol. The van der Waals surface area contributed by atoms with Crippen LogP contribution in [0.2, 0.25) is 5.02 Å². The number of Topliss-reactive ketones (excluding diaryl/α,β-unsaturated/α-hetero) is 1. The smallest absolute Gasteiger partial charge is 0.312 e. The van der Waals surface area contributed by atoms with Crippen LogP contribution in [0.15, 0.2) is 48.5 Å². The molecule has 0 radical (unpaired) electrons. The number of amides is 2. The van der Waals surface area contributed by atoms with E-state index in [1.54, 1.807) is 48.5 Å². The number of primary amides is 1. The number of nitrogens with one attached hydrogen (secondary N) is 1. The Kier molecular flexibility index (Phi) is 7.40. The van der Waals surface area contributed by atoms with Gasteiger partial charge in [0.15, 0.2) is 6.10 Å². The van der Waals surface area contributed by atoms with Gasteiger partial charge in [0.1, 0.15) is 5.75 Å². The van der Waals surface area contributed by atoms with Gasteiger partial charge in [0.05, 0.1) is 19.6 Å². The van der Waals surface area contributed by atoms with Crippen LogP contribution in [0.3, 0.4) is 0 Å². The number of nitrogens with two attached hydrogens (primary N) is 1. The van der Waals surface area contributed by atoms with Crippen LogP contribution in [0, 0.1) is 0 Å². The van der Waals surface area contributed by atoms with Gasteiger partial charge in [-0.15, -0.1) is 0 Å². The van der Waals surface area contributed by atoms with Crippen molar-refractivity contribution in [1.29, 1.82) is 0 Å². The first-order valence-electron chi connectivity index (χ1n) is 8.50. The van der Waals surface area contributed by atoms with Gasteiger partial charge < -0.3 is 20.5 Å². The van der Waals surface area contributed by atoms with Crippen LogP contribution in [-0.2, 0) is 9.53 Å². The van der Waals surface area contributed by atoms with E-state index in [0.717, 1.165) is 0 Å². The van der Waals surface area contributed by atoms with Crippen molar-refractivity contribution in [3.63, 3.8) is 0 Å². The molecule has 0 fully saturated rings. The lowest BCUT2D eigenvalue weighted by molar-refractivity contribution is -0.146. The Balaban J connectivity index is 2.05. The molecule has 0 aliphatic heterocycles. The maximum atomic E-state index is 12.4. The summed E-state index contributed by atoms with van der Waals surface area (Å²) in [7, 11) is 1.52. The van der Waals surface area contributed by atoms with Crippen molar-refractivity contribution in [2.24, 2.45) is 5.73 Å². The SMILES string of the molecule is COc1ccc(C(=O)[C@@H](C)OC(=O)C[C@@H](NC(N)=O)c2ccccc2Cl)cc1. The van der Waals surface area contributed by atoms with Gasteiger partial charge in [0, 0.05) is 10.6 Å². The standard InChI is InChI=1S/C20H21ClN2O5/c1-12(19(25)13-7-9-14(27-2)10-8-13)28-18(24)11-17(23-20(22)26)15-5-3-4-6-16(15)21/h3-10,12,17H,11H2,1-2H3,(H3,22,23,26)/t12-,17-/m1/s1. The predicted molar refractivity (Wildman–Crippen MR) is 104 cm³/mol. The Labute approximate surface area is 167 Å². The first-order valence-corrected chi connectivity index (χ1v) is 8.87. The molecular formula is C20H21ClN2O5. The Morgan fingerprint density at radius 3 is 2.32 bits per heavy atom. The number of hydrogen-bond donors (Lipinski definition) is 2. The maximum Gasteiger partial charge on any atom is 0.312 e. The lowest BCUT2D eigenvalue weighted by atomic mass is 10.0. The molecule has 0 bridgehead atoms. The zero-order valence-electron chi connectivity index (χ0n) is 15.5. The Morgan fingerprint density at radius 1 is 1.11 bits per heavy atom. The quantitative estimate of drug-likeness (QED) is 0.518. The summed E-state index contributed by atoms with van der Waals surface area (Å²) < 4.78 is 10.3. The highest BCUT2D eigenvalue weighted by atomic mass is 35.5. The van der Waals surface area contributed by atoms with E-state index < -0.39 is 24.1 Å². The van der Waals surface area contributed by atoms with Crippen molar-refractivity contribution >= 4 is 29.4 Å². The molecule has 3 N–H and O–H groups in total. The lowest BCUT2D eigenvalue weighted by Crippen LogP contribution is -2.35. The molecule has 2 rings (SSSR count). The second kappa shape index (κ2) is 9.75. The van der Waals surface area contributed by atoms with E-state index in [0.29, 0.717) is 21.9 Å². The van der Waals surface area contributed by atoms with E-state index in [1.807, 2.05) is 0 Å². The normalized spacial score (nSPS) is 12.5. The Morgan fingerprint density at radius 2 is 1.75 bits per heavy atom. The number of ether oxygens (including phenoxy) is 2. The zero-order valence-corrected chi connectivity index (χ0v) is 16.2. The number of carbonyl (C=O) groups excluding carboxylic acids is 3. The summed E-state index contributed by atoms with van der Waals surface area (Å²) in [5.74, 6) is -0.414. The Bertz CT molecular complexity index is 854. The average Bonchev–Trinajstić information content (AvgIpc) is 2.67. The van der Waals surface area contributed by atoms with Gasteiger partial charge in [0.2, 0.25) is 5.78 Å². The molecule has 0 heterocycles. The Hall–Kier alpha value is -3.06. The maximum absolute atomic E-state index is 12.4. The van der Waals surface area contributed by atoms with Crippen LogP contribution in [-0.4, -0.2) is 31.0 Å². The van der Waals surface area contributed by atoms with Crippen molar-refractivity contribution in [3.8, 4) is 5.75 Å². The fraction of sp³-hybridized carbons (Fsp3) is 0.250. The number of urea groups is 1. The fourth-order valence-corrected chi connectivity index (χ4v) is 2.89. The summed E-state index contributed by atoms with van der Waals surface area (Å²) in [4.78, 5) is 36.1. The fourth-order valence-electron chi connectivity index (χ4n) is 2.62. The van der Waals surface area contributed by atoms with Crippen molar-refractivity contribution in [3.05, 3.63) is 64.7 Å². The van der Waals surface area contributed by atoms with Gasteiger partial charge in [-0.05, 0) is 42.8 Å². The summed E-state index contributed by atoms with van der Waals surface area (Å²) in [6.45, 7) is 1.48. The van der Waals surface area contributed by atoms with E-state index in [-0.39, 0.29) is 12.2 Å². The minimum Gasteiger partial charge on any atom is -0.497 e.